The van der Waals surface area contributed by atoms with Gasteiger partial charge in [0.25, 0.3) is 11.5 Å². The van der Waals surface area contributed by atoms with E-state index in [1.807, 2.05) is 6.92 Å². The number of hydrogen-bond acceptors (Lipinski definition) is 6. The third-order valence-electron chi connectivity index (χ3n) is 5.56. The number of H-pyrrole nitrogens is 1. The molecule has 1 saturated heterocycles. The number of fused-ring (bicyclic) bond motifs is 1. The van der Waals surface area contributed by atoms with Crippen LogP contribution in [0.25, 0.3) is 10.9 Å². The van der Waals surface area contributed by atoms with Crippen LogP contribution in [0.3, 0.4) is 0 Å². The average molecular weight is 462 g/mol. The molecule has 0 atom stereocenters. The molecule has 1 fully saturated rings. The predicted octanol–water partition coefficient (Wildman–Crippen LogP) is 1.38. The molecule has 0 unspecified atom stereocenters. The molecule has 0 spiro atoms. The monoisotopic (exact) mass is 461 g/mol. The molecular formula is C22H31N5O4S. The van der Waals surface area contributed by atoms with E-state index in [0.29, 0.717) is 80.1 Å². The Balaban J connectivity index is 1.67. The fraction of sp³-hybridized carbons (Fsp3) is 0.545. The lowest BCUT2D eigenvalue weighted by molar-refractivity contribution is -0.122. The van der Waals surface area contributed by atoms with Crippen LogP contribution in [0.1, 0.15) is 30.1 Å². The van der Waals surface area contributed by atoms with Gasteiger partial charge in [0.1, 0.15) is 0 Å². The first-order chi connectivity index (χ1) is 15.4. The lowest BCUT2D eigenvalue weighted by atomic mass is 10.1. The molecule has 1 aromatic heterocycles. The average Bonchev–Trinajstić information content (AvgIpc) is 2.79. The minimum atomic E-state index is -0.172. The number of aromatic nitrogens is 2. The zero-order chi connectivity index (χ0) is 23.1. The first-order valence-corrected chi connectivity index (χ1v) is 11.4. The van der Waals surface area contributed by atoms with Gasteiger partial charge in [-0.2, -0.15) is 0 Å². The maximum atomic E-state index is 13.0. The van der Waals surface area contributed by atoms with Gasteiger partial charge in [-0.1, -0.05) is 6.92 Å². The van der Waals surface area contributed by atoms with Gasteiger partial charge in [0.05, 0.1) is 17.4 Å². The summed E-state index contributed by atoms with van der Waals surface area (Å²) in [6.07, 6.45) is 1.59. The molecule has 1 aliphatic heterocycles. The van der Waals surface area contributed by atoms with Crippen molar-refractivity contribution in [3.05, 3.63) is 38.9 Å². The van der Waals surface area contributed by atoms with Crippen molar-refractivity contribution < 1.29 is 14.3 Å². The molecule has 2 N–H and O–H groups in total. The predicted molar refractivity (Wildman–Crippen MR) is 126 cm³/mol. The lowest BCUT2D eigenvalue weighted by Crippen LogP contribution is -2.51. The van der Waals surface area contributed by atoms with E-state index in [9.17, 15) is 14.4 Å². The standard InChI is InChI=1S/C22H31N5O4S/c1-3-7-23-19(28)15-25-9-11-26(12-10-25)20(29)16-5-6-17-18(14-16)24-22(32)27(21(17)30)8-4-13-31-2/h5-6,14H,3-4,7-13,15H2,1-2H3,(H,23,28)(H,24,32). The van der Waals surface area contributed by atoms with Crippen LogP contribution in [0, 0.1) is 4.77 Å². The van der Waals surface area contributed by atoms with Crippen LogP contribution in [0.4, 0.5) is 0 Å². The zero-order valence-corrected chi connectivity index (χ0v) is 19.5. The molecule has 2 amide bonds. The Bertz CT molecular complexity index is 1070. The van der Waals surface area contributed by atoms with Gasteiger partial charge in [-0.3, -0.25) is 23.9 Å². The Morgan fingerprint density at radius 3 is 2.66 bits per heavy atom. The first-order valence-electron chi connectivity index (χ1n) is 11.0. The normalized spacial score (nSPS) is 14.6. The van der Waals surface area contributed by atoms with E-state index in [0.717, 1.165) is 6.42 Å². The molecule has 9 nitrogen and oxygen atoms in total. The van der Waals surface area contributed by atoms with Crippen LogP contribution < -0.4 is 10.9 Å². The number of carbonyl (C=O) groups is 2. The number of amides is 2. The summed E-state index contributed by atoms with van der Waals surface area (Å²) in [6.45, 7) is 6.46. The van der Waals surface area contributed by atoms with Crippen LogP contribution in [0.15, 0.2) is 23.0 Å². The molecule has 1 aliphatic rings. The number of hydrogen-bond donors (Lipinski definition) is 2. The summed E-state index contributed by atoms with van der Waals surface area (Å²) in [5.74, 6) is -0.0742. The van der Waals surface area contributed by atoms with Crippen molar-refractivity contribution in [3.63, 3.8) is 0 Å². The maximum Gasteiger partial charge on any atom is 0.262 e. The largest absolute Gasteiger partial charge is 0.385 e. The molecule has 0 aliphatic carbocycles. The van der Waals surface area contributed by atoms with E-state index in [4.69, 9.17) is 17.0 Å². The van der Waals surface area contributed by atoms with Crippen molar-refractivity contribution in [2.24, 2.45) is 0 Å². The number of nitrogens with zero attached hydrogens (tertiary/aromatic N) is 3. The Kier molecular flexibility index (Phi) is 8.54. The summed E-state index contributed by atoms with van der Waals surface area (Å²) < 4.78 is 6.90. The van der Waals surface area contributed by atoms with Crippen LogP contribution in [-0.4, -0.2) is 84.2 Å². The van der Waals surface area contributed by atoms with Crippen molar-refractivity contribution in [2.75, 3.05) is 53.0 Å². The van der Waals surface area contributed by atoms with E-state index in [2.05, 4.69) is 15.2 Å². The maximum absolute atomic E-state index is 13.0. The Morgan fingerprint density at radius 2 is 1.97 bits per heavy atom. The molecule has 2 aromatic rings. The Morgan fingerprint density at radius 1 is 1.22 bits per heavy atom. The van der Waals surface area contributed by atoms with Gasteiger partial charge in [0.2, 0.25) is 5.91 Å². The van der Waals surface area contributed by atoms with Crippen molar-refractivity contribution >= 4 is 34.9 Å². The number of benzene rings is 1. The van der Waals surface area contributed by atoms with Crippen LogP contribution in [0.2, 0.25) is 0 Å². The second-order valence-corrected chi connectivity index (χ2v) is 8.30. The van der Waals surface area contributed by atoms with Crippen molar-refractivity contribution in [1.82, 2.24) is 24.7 Å². The summed E-state index contributed by atoms with van der Waals surface area (Å²) in [4.78, 5) is 44.7. The molecule has 0 bridgehead atoms. The summed E-state index contributed by atoms with van der Waals surface area (Å²) in [5.41, 5.74) is 0.891. The van der Waals surface area contributed by atoms with Crippen molar-refractivity contribution in [3.8, 4) is 0 Å². The summed E-state index contributed by atoms with van der Waals surface area (Å²) in [7, 11) is 1.62. The lowest BCUT2D eigenvalue weighted by Gasteiger charge is -2.34. The third kappa shape index (κ3) is 5.81. The van der Waals surface area contributed by atoms with Crippen molar-refractivity contribution in [1.29, 1.82) is 0 Å². The number of piperazine rings is 1. The van der Waals surface area contributed by atoms with E-state index >= 15 is 0 Å². The molecule has 0 saturated carbocycles. The summed E-state index contributed by atoms with van der Waals surface area (Å²) in [6, 6.07) is 5.06. The molecule has 32 heavy (non-hydrogen) atoms. The van der Waals surface area contributed by atoms with Gasteiger partial charge >= 0.3 is 0 Å². The smallest absolute Gasteiger partial charge is 0.262 e. The third-order valence-corrected chi connectivity index (χ3v) is 5.88. The van der Waals surface area contributed by atoms with E-state index in [-0.39, 0.29) is 17.4 Å². The first kappa shape index (κ1) is 24.1. The van der Waals surface area contributed by atoms with Gasteiger partial charge < -0.3 is 19.9 Å². The van der Waals surface area contributed by atoms with Crippen LogP contribution in [-0.2, 0) is 16.1 Å². The minimum absolute atomic E-state index is 0.0179. The number of rotatable bonds is 9. The second kappa shape index (κ2) is 11.3. The van der Waals surface area contributed by atoms with Gasteiger partial charge in [0.15, 0.2) is 4.77 Å². The second-order valence-electron chi connectivity index (χ2n) is 7.91. The Labute approximate surface area is 192 Å². The molecule has 1 aromatic carbocycles. The van der Waals surface area contributed by atoms with Gasteiger partial charge in [0, 0.05) is 58.5 Å². The molecule has 174 valence electrons. The summed E-state index contributed by atoms with van der Waals surface area (Å²) >= 11 is 5.36. The van der Waals surface area contributed by atoms with Gasteiger partial charge in [-0.25, -0.2) is 0 Å². The SMILES string of the molecule is CCCNC(=O)CN1CCN(C(=O)c2ccc3c(=O)n(CCCOC)c(=S)[nH]c3c2)CC1. The minimum Gasteiger partial charge on any atom is -0.385 e. The fourth-order valence-corrected chi connectivity index (χ4v) is 4.06. The van der Waals surface area contributed by atoms with E-state index in [1.165, 1.54) is 4.57 Å². The molecule has 0 radical (unpaired) electrons. The quantitative estimate of drug-likeness (QED) is 0.432. The fourth-order valence-electron chi connectivity index (χ4n) is 3.77. The zero-order valence-electron chi connectivity index (χ0n) is 18.7. The number of methoxy groups -OCH3 is 1. The number of aromatic amines is 1. The van der Waals surface area contributed by atoms with Crippen LogP contribution >= 0.6 is 12.2 Å². The molecule has 10 heteroatoms. The molecule has 2 heterocycles. The topological polar surface area (TPSA) is 99.7 Å². The highest BCUT2D eigenvalue weighted by Crippen LogP contribution is 2.14. The van der Waals surface area contributed by atoms with E-state index < -0.39 is 0 Å². The van der Waals surface area contributed by atoms with Crippen LogP contribution in [0.5, 0.6) is 0 Å². The highest BCUT2D eigenvalue weighted by atomic mass is 32.1. The number of ether oxygens (including phenoxy) is 1. The molecular weight excluding hydrogens is 430 g/mol. The van der Waals surface area contributed by atoms with Gasteiger partial charge in [-0.05, 0) is 43.3 Å². The summed E-state index contributed by atoms with van der Waals surface area (Å²) in [5, 5.41) is 3.37. The van der Waals surface area contributed by atoms with E-state index in [1.54, 1.807) is 30.2 Å². The van der Waals surface area contributed by atoms with Crippen molar-refractivity contribution in [2.45, 2.75) is 26.3 Å². The highest BCUT2D eigenvalue weighted by molar-refractivity contribution is 7.71. The highest BCUT2D eigenvalue weighted by Gasteiger charge is 2.23. The molecule has 3 rings (SSSR count). The Hall–Kier alpha value is -2.56. The number of carbonyl (C=O) groups excluding carboxylic acids is 2. The number of nitrogens with one attached hydrogen (secondary N) is 2. The van der Waals surface area contributed by atoms with Gasteiger partial charge in [-0.15, -0.1) is 0 Å².